The van der Waals surface area contributed by atoms with Crippen molar-refractivity contribution in [3.8, 4) is 0 Å². The van der Waals surface area contributed by atoms with Gasteiger partial charge in [-0.1, -0.05) is 6.07 Å². The van der Waals surface area contributed by atoms with Gasteiger partial charge in [0, 0.05) is 30.9 Å². The van der Waals surface area contributed by atoms with E-state index in [1.807, 2.05) is 11.8 Å². The number of carbonyl (C=O) groups excluding carboxylic acids is 1. The van der Waals surface area contributed by atoms with E-state index in [4.69, 9.17) is 5.73 Å². The van der Waals surface area contributed by atoms with Gasteiger partial charge in [-0.15, -0.1) is 12.4 Å². The molecule has 2 N–H and O–H groups in total. The minimum absolute atomic E-state index is 0. The molecule has 5 nitrogen and oxygen atoms in total. The van der Waals surface area contributed by atoms with E-state index in [0.717, 1.165) is 25.8 Å². The van der Waals surface area contributed by atoms with Gasteiger partial charge in [-0.25, -0.2) is 0 Å². The molecule has 2 atom stereocenters. The van der Waals surface area contributed by atoms with Crippen LogP contribution >= 0.6 is 12.4 Å². The maximum atomic E-state index is 12.3. The summed E-state index contributed by atoms with van der Waals surface area (Å²) < 4.78 is 1.44. The molecule has 0 saturated carbocycles. The molecule has 1 aromatic rings. The largest absolute Gasteiger partial charge is 0.337 e. The molecule has 1 aliphatic rings. The third-order valence-corrected chi connectivity index (χ3v) is 3.68. The average molecular weight is 300 g/mol. The van der Waals surface area contributed by atoms with Crippen LogP contribution in [0.2, 0.25) is 0 Å². The monoisotopic (exact) mass is 299 g/mol. The molecular formula is C14H22ClN3O2. The Morgan fingerprint density at radius 3 is 2.85 bits per heavy atom. The van der Waals surface area contributed by atoms with Gasteiger partial charge >= 0.3 is 0 Å². The number of piperidine rings is 1. The lowest BCUT2D eigenvalue weighted by molar-refractivity contribution is -0.136. The predicted molar refractivity (Wildman–Crippen MR) is 81.0 cm³/mol. The summed E-state index contributed by atoms with van der Waals surface area (Å²) in [6.07, 6.45) is 4.72. The van der Waals surface area contributed by atoms with Gasteiger partial charge in [-0.3, -0.25) is 9.59 Å². The average Bonchev–Trinajstić information content (AvgIpc) is 2.41. The molecule has 2 heterocycles. The summed E-state index contributed by atoms with van der Waals surface area (Å²) in [4.78, 5) is 25.8. The third-order valence-electron chi connectivity index (χ3n) is 3.68. The second-order valence-electron chi connectivity index (χ2n) is 5.18. The van der Waals surface area contributed by atoms with Crippen LogP contribution in [0.5, 0.6) is 0 Å². The van der Waals surface area contributed by atoms with Crippen molar-refractivity contribution in [1.82, 2.24) is 9.47 Å². The van der Waals surface area contributed by atoms with Crippen molar-refractivity contribution >= 4 is 18.3 Å². The zero-order valence-corrected chi connectivity index (χ0v) is 12.5. The Morgan fingerprint density at radius 1 is 1.45 bits per heavy atom. The molecule has 0 radical (unpaired) electrons. The fourth-order valence-corrected chi connectivity index (χ4v) is 2.64. The normalized spacial score (nSPS) is 20.1. The van der Waals surface area contributed by atoms with Gasteiger partial charge in [0.2, 0.25) is 5.91 Å². The number of aromatic nitrogens is 1. The van der Waals surface area contributed by atoms with Crippen molar-refractivity contribution in [2.75, 3.05) is 6.54 Å². The minimum atomic E-state index is -0.148. The van der Waals surface area contributed by atoms with Crippen LogP contribution in [0.25, 0.3) is 0 Å². The van der Waals surface area contributed by atoms with E-state index < -0.39 is 0 Å². The van der Waals surface area contributed by atoms with Gasteiger partial charge in [-0.05, 0) is 32.3 Å². The number of nitrogens with zero attached hydrogens (tertiary/aromatic N) is 2. The fraction of sp³-hybridized carbons (Fsp3) is 0.571. The van der Waals surface area contributed by atoms with E-state index in [0.29, 0.717) is 0 Å². The molecule has 112 valence electrons. The Labute approximate surface area is 125 Å². The molecule has 0 spiro atoms. The van der Waals surface area contributed by atoms with Crippen LogP contribution in [-0.4, -0.2) is 34.0 Å². The summed E-state index contributed by atoms with van der Waals surface area (Å²) in [6.45, 7) is 2.78. The van der Waals surface area contributed by atoms with Crippen LogP contribution in [0.1, 0.15) is 26.2 Å². The molecule has 2 unspecified atom stereocenters. The molecule has 1 aromatic heterocycles. The summed E-state index contributed by atoms with van der Waals surface area (Å²) in [6, 6.07) is 4.97. The lowest BCUT2D eigenvalue weighted by Gasteiger charge is -2.38. The quantitative estimate of drug-likeness (QED) is 0.905. The topological polar surface area (TPSA) is 68.3 Å². The number of carbonyl (C=O) groups is 1. The summed E-state index contributed by atoms with van der Waals surface area (Å²) in [5, 5.41) is 0. The first-order valence-corrected chi connectivity index (χ1v) is 6.80. The molecule has 1 amide bonds. The van der Waals surface area contributed by atoms with Gasteiger partial charge < -0.3 is 15.2 Å². The van der Waals surface area contributed by atoms with Crippen molar-refractivity contribution in [3.63, 3.8) is 0 Å². The molecular weight excluding hydrogens is 278 g/mol. The Kier molecular flexibility index (Phi) is 6.23. The number of rotatable bonds is 3. The second-order valence-corrected chi connectivity index (χ2v) is 5.18. The van der Waals surface area contributed by atoms with Crippen molar-refractivity contribution in [2.45, 2.75) is 44.8 Å². The summed E-state index contributed by atoms with van der Waals surface area (Å²) in [7, 11) is 0. The molecule has 1 aliphatic heterocycles. The minimum Gasteiger partial charge on any atom is -0.337 e. The van der Waals surface area contributed by atoms with Crippen LogP contribution in [0, 0.1) is 0 Å². The Morgan fingerprint density at radius 2 is 2.20 bits per heavy atom. The first kappa shape index (κ1) is 16.7. The highest BCUT2D eigenvalue weighted by molar-refractivity contribution is 5.85. The lowest BCUT2D eigenvalue weighted by Crippen LogP contribution is -2.52. The highest BCUT2D eigenvalue weighted by Gasteiger charge is 2.29. The van der Waals surface area contributed by atoms with E-state index in [9.17, 15) is 9.59 Å². The Hall–Kier alpha value is -1.33. The van der Waals surface area contributed by atoms with Gasteiger partial charge in [0.1, 0.15) is 6.54 Å². The van der Waals surface area contributed by atoms with Crippen molar-refractivity contribution in [3.05, 3.63) is 34.7 Å². The standard InChI is InChI=1S/C14H21N3O2.ClH/c1-11(15)12-6-2-5-9-17(12)14(19)10-16-8-4-3-7-13(16)18;/h3-4,7-8,11-12H,2,5-6,9-10,15H2,1H3;1H. The van der Waals surface area contributed by atoms with Crippen molar-refractivity contribution in [1.29, 1.82) is 0 Å². The van der Waals surface area contributed by atoms with Crippen LogP contribution in [0.4, 0.5) is 0 Å². The molecule has 6 heteroatoms. The summed E-state index contributed by atoms with van der Waals surface area (Å²) in [5.74, 6) is -0.0182. The lowest BCUT2D eigenvalue weighted by atomic mass is 9.97. The van der Waals surface area contributed by atoms with Gasteiger partial charge in [0.05, 0.1) is 0 Å². The molecule has 20 heavy (non-hydrogen) atoms. The predicted octanol–water partition coefficient (Wildman–Crippen LogP) is 0.998. The number of hydrogen-bond acceptors (Lipinski definition) is 3. The van der Waals surface area contributed by atoms with Gasteiger partial charge in [-0.2, -0.15) is 0 Å². The first-order valence-electron chi connectivity index (χ1n) is 6.80. The molecule has 0 aromatic carbocycles. The van der Waals surface area contributed by atoms with Crippen LogP contribution in [0.15, 0.2) is 29.2 Å². The van der Waals surface area contributed by atoms with Crippen LogP contribution in [-0.2, 0) is 11.3 Å². The van der Waals surface area contributed by atoms with E-state index in [1.165, 1.54) is 10.6 Å². The highest BCUT2D eigenvalue weighted by atomic mass is 35.5. The molecule has 2 rings (SSSR count). The summed E-state index contributed by atoms with van der Waals surface area (Å²) >= 11 is 0. The maximum Gasteiger partial charge on any atom is 0.250 e. The molecule has 1 saturated heterocycles. The number of likely N-dealkylation sites (tertiary alicyclic amines) is 1. The number of halogens is 1. The fourth-order valence-electron chi connectivity index (χ4n) is 2.64. The highest BCUT2D eigenvalue weighted by Crippen LogP contribution is 2.19. The van der Waals surface area contributed by atoms with E-state index in [1.54, 1.807) is 18.3 Å². The Balaban J connectivity index is 0.00000200. The number of amides is 1. The third kappa shape index (κ3) is 3.84. The van der Waals surface area contributed by atoms with Gasteiger partial charge in [0.25, 0.3) is 5.56 Å². The number of nitrogens with two attached hydrogens (primary N) is 1. The first-order chi connectivity index (χ1) is 9.09. The zero-order chi connectivity index (χ0) is 13.8. The van der Waals surface area contributed by atoms with E-state index >= 15 is 0 Å². The maximum absolute atomic E-state index is 12.3. The van der Waals surface area contributed by atoms with Crippen molar-refractivity contribution < 1.29 is 4.79 Å². The van der Waals surface area contributed by atoms with Crippen molar-refractivity contribution in [2.24, 2.45) is 5.73 Å². The Bertz CT molecular complexity index is 501. The van der Waals surface area contributed by atoms with E-state index in [2.05, 4.69) is 0 Å². The number of pyridine rings is 1. The molecule has 0 bridgehead atoms. The zero-order valence-electron chi connectivity index (χ0n) is 11.7. The second kappa shape index (κ2) is 7.45. The summed E-state index contributed by atoms with van der Waals surface area (Å²) in [5.41, 5.74) is 5.81. The van der Waals surface area contributed by atoms with Crippen LogP contribution < -0.4 is 11.3 Å². The molecule has 0 aliphatic carbocycles. The molecule has 1 fully saturated rings. The van der Waals surface area contributed by atoms with Crippen LogP contribution in [0.3, 0.4) is 0 Å². The SMILES string of the molecule is CC(N)C1CCCCN1C(=O)Cn1ccccc1=O.Cl. The number of hydrogen-bond donors (Lipinski definition) is 1. The smallest absolute Gasteiger partial charge is 0.250 e. The van der Waals surface area contributed by atoms with Gasteiger partial charge in [0.15, 0.2) is 0 Å². The van der Waals surface area contributed by atoms with E-state index in [-0.39, 0.29) is 42.5 Å².